The molecule has 346 valence electrons. The van der Waals surface area contributed by atoms with Crippen LogP contribution < -0.4 is 21.3 Å². The third-order valence-electron chi connectivity index (χ3n) is 10.1. The number of hydrogen-bond acceptors (Lipinski definition) is 9. The fourth-order valence-electron chi connectivity index (χ4n) is 6.64. The maximum Gasteiger partial charge on any atom is 0.138 e. The fourth-order valence-corrected chi connectivity index (χ4v) is 6.64. The van der Waals surface area contributed by atoms with E-state index in [1.54, 1.807) is 23.5 Å². The zero-order chi connectivity index (χ0) is 47.1. The van der Waals surface area contributed by atoms with Crippen molar-refractivity contribution in [2.24, 2.45) is 0 Å². The van der Waals surface area contributed by atoms with Crippen LogP contribution in [0.1, 0.15) is 83.2 Å². The first kappa shape index (κ1) is 50.4. The summed E-state index contributed by atoms with van der Waals surface area (Å²) < 4.78 is 5.63. The van der Waals surface area contributed by atoms with Crippen molar-refractivity contribution < 1.29 is 0 Å². The number of aromatic nitrogens is 8. The number of nitrogens with zero attached hydrogens (tertiary/aromatic N) is 8. The first-order valence-electron chi connectivity index (χ1n) is 23.0. The van der Waals surface area contributed by atoms with Crippen LogP contribution >= 0.6 is 0 Å². The van der Waals surface area contributed by atoms with Crippen LogP contribution in [-0.2, 0) is 26.2 Å². The van der Waals surface area contributed by atoms with E-state index in [1.807, 2.05) is 88.7 Å². The van der Waals surface area contributed by atoms with Gasteiger partial charge in [-0.2, -0.15) is 15.3 Å². The van der Waals surface area contributed by atoms with Crippen LogP contribution in [0.2, 0.25) is 0 Å². The van der Waals surface area contributed by atoms with Gasteiger partial charge < -0.3 is 21.3 Å². The average Bonchev–Trinajstić information content (AvgIpc) is 4.15. The van der Waals surface area contributed by atoms with Crippen LogP contribution in [0.3, 0.4) is 0 Å². The maximum atomic E-state index is 4.41. The van der Waals surface area contributed by atoms with Gasteiger partial charge in [0.15, 0.2) is 0 Å². The maximum absolute atomic E-state index is 4.41. The Balaban J connectivity index is 0.000000165. The van der Waals surface area contributed by atoms with Gasteiger partial charge >= 0.3 is 0 Å². The Morgan fingerprint density at radius 1 is 0.455 bits per heavy atom. The van der Waals surface area contributed by atoms with E-state index in [0.717, 1.165) is 48.9 Å². The van der Waals surface area contributed by atoms with Crippen LogP contribution in [0, 0.1) is 6.92 Å². The van der Waals surface area contributed by atoms with E-state index in [1.165, 1.54) is 33.4 Å². The number of rotatable bonds is 16. The van der Waals surface area contributed by atoms with E-state index in [4.69, 9.17) is 0 Å². The average molecular weight is 887 g/mol. The van der Waals surface area contributed by atoms with E-state index < -0.39 is 0 Å². The minimum absolute atomic E-state index is 0.476. The van der Waals surface area contributed by atoms with Crippen LogP contribution in [0.15, 0.2) is 165 Å². The normalized spacial score (nSPS) is 10.9. The predicted octanol–water partition coefficient (Wildman–Crippen LogP) is 10.1. The van der Waals surface area contributed by atoms with E-state index in [-0.39, 0.29) is 0 Å². The van der Waals surface area contributed by atoms with Gasteiger partial charge in [0.05, 0.1) is 29.0 Å². The molecule has 66 heavy (non-hydrogen) atoms. The van der Waals surface area contributed by atoms with Crippen molar-refractivity contribution in [1.29, 1.82) is 0 Å². The van der Waals surface area contributed by atoms with Crippen molar-refractivity contribution in [3.63, 3.8) is 0 Å². The number of benzene rings is 4. The van der Waals surface area contributed by atoms with Gasteiger partial charge in [0.1, 0.15) is 12.7 Å². The smallest absolute Gasteiger partial charge is 0.138 e. The Morgan fingerprint density at radius 2 is 0.924 bits per heavy atom. The van der Waals surface area contributed by atoms with Crippen molar-refractivity contribution in [3.8, 4) is 28.3 Å². The van der Waals surface area contributed by atoms with Crippen molar-refractivity contribution in [2.75, 3.05) is 0 Å². The molecule has 0 spiro atoms. The van der Waals surface area contributed by atoms with Gasteiger partial charge in [0.25, 0.3) is 0 Å². The monoisotopic (exact) mass is 887 g/mol. The van der Waals surface area contributed by atoms with Gasteiger partial charge in [-0.25, -0.2) is 19.0 Å². The topological polar surface area (TPSA) is 127 Å². The summed E-state index contributed by atoms with van der Waals surface area (Å²) in [6, 6.07) is 43.2. The molecule has 0 aliphatic carbocycles. The standard InChI is InChI=1S/C15H18N2.C14H19N3.C13H17N3.C12H16N4/c1-12(2)17-11-13-7-3-4-8-14(13)15-9-5-6-10-16-15;1-11(2)15-9-13-6-4-5-7-14(13)17-10-12(3)8-16-17;1-11(2)14-10-12-6-3-4-7-13(12)16-9-5-8-15-16;1-10(2)14-7-11-5-3-4-6-12(11)16-9-13-8-15-16/h3-10,12,17H,11H2,1-2H3;4-8,10-11,15H,9H2,1-3H3;3-9,11,14H,10H2,1-2H3;3-6,8-10,14H,7H2,1-2H3. The van der Waals surface area contributed by atoms with Crippen LogP contribution in [0.5, 0.6) is 0 Å². The van der Waals surface area contributed by atoms with E-state index in [9.17, 15) is 0 Å². The van der Waals surface area contributed by atoms with E-state index >= 15 is 0 Å². The summed E-state index contributed by atoms with van der Waals surface area (Å²) in [5, 5.41) is 26.5. The lowest BCUT2D eigenvalue weighted by Crippen LogP contribution is -2.22. The molecular weight excluding hydrogens is 817 g/mol. The SMILES string of the molecule is CC(C)NCc1ccccc1-c1ccccn1.CC(C)NCc1ccccc1-n1cccn1.CC(C)NCc1ccccc1-n1cncn1.Cc1cnn(-c2ccccc2CNC(C)C)c1. The summed E-state index contributed by atoms with van der Waals surface area (Å²) in [5.74, 6) is 0. The fraction of sp³-hybridized carbons (Fsp3) is 0.315. The van der Waals surface area contributed by atoms with Crippen LogP contribution in [0.25, 0.3) is 28.3 Å². The van der Waals surface area contributed by atoms with Crippen molar-refractivity contribution >= 4 is 0 Å². The third-order valence-corrected chi connectivity index (χ3v) is 10.1. The second-order valence-electron chi connectivity index (χ2n) is 17.2. The Bertz CT molecular complexity index is 2440. The molecule has 0 fully saturated rings. The summed E-state index contributed by atoms with van der Waals surface area (Å²) in [4.78, 5) is 8.38. The molecule has 0 bridgehead atoms. The molecule has 8 rings (SSSR count). The van der Waals surface area contributed by atoms with Crippen LogP contribution in [-0.4, -0.2) is 63.5 Å². The molecule has 4 aromatic heterocycles. The second kappa shape index (κ2) is 27.0. The minimum atomic E-state index is 0.476. The highest BCUT2D eigenvalue weighted by Gasteiger charge is 2.08. The number of hydrogen-bond donors (Lipinski definition) is 4. The predicted molar refractivity (Wildman–Crippen MR) is 271 cm³/mol. The molecule has 0 radical (unpaired) electrons. The first-order valence-corrected chi connectivity index (χ1v) is 23.0. The number of pyridine rings is 1. The second-order valence-corrected chi connectivity index (χ2v) is 17.2. The zero-order valence-corrected chi connectivity index (χ0v) is 40.3. The highest BCUT2D eigenvalue weighted by Crippen LogP contribution is 2.21. The van der Waals surface area contributed by atoms with Gasteiger partial charge in [-0.1, -0.05) is 140 Å². The van der Waals surface area contributed by atoms with E-state index in [0.29, 0.717) is 24.2 Å². The molecule has 0 aliphatic heterocycles. The van der Waals surface area contributed by atoms with Gasteiger partial charge in [0, 0.05) is 80.7 Å². The molecular formula is C54H70N12. The summed E-state index contributed by atoms with van der Waals surface area (Å²) in [6.45, 7) is 22.7. The van der Waals surface area contributed by atoms with Gasteiger partial charge in [0.2, 0.25) is 0 Å². The molecule has 0 saturated carbocycles. The number of para-hydroxylation sites is 3. The van der Waals surface area contributed by atoms with Crippen molar-refractivity contribution in [3.05, 3.63) is 193 Å². The zero-order valence-electron chi connectivity index (χ0n) is 40.3. The first-order chi connectivity index (χ1) is 32.0. The molecule has 8 aromatic rings. The molecule has 0 atom stereocenters. The molecule has 4 aromatic carbocycles. The van der Waals surface area contributed by atoms with Gasteiger partial charge in [-0.15, -0.1) is 0 Å². The summed E-state index contributed by atoms with van der Waals surface area (Å²) >= 11 is 0. The Kier molecular flexibility index (Phi) is 20.7. The van der Waals surface area contributed by atoms with Crippen molar-refractivity contribution in [1.82, 2.24) is 60.6 Å². The highest BCUT2D eigenvalue weighted by atomic mass is 15.3. The van der Waals surface area contributed by atoms with E-state index in [2.05, 4.69) is 176 Å². The molecule has 12 heteroatoms. The summed E-state index contributed by atoms with van der Waals surface area (Å²) in [5.41, 5.74) is 11.8. The van der Waals surface area contributed by atoms with Gasteiger partial charge in [-0.05, 0) is 71.1 Å². The Labute approximate surface area is 393 Å². The largest absolute Gasteiger partial charge is 0.310 e. The third kappa shape index (κ3) is 16.8. The minimum Gasteiger partial charge on any atom is -0.310 e. The molecule has 12 nitrogen and oxygen atoms in total. The van der Waals surface area contributed by atoms with Gasteiger partial charge in [-0.3, -0.25) is 4.98 Å². The lowest BCUT2D eigenvalue weighted by Gasteiger charge is -2.12. The lowest BCUT2D eigenvalue weighted by atomic mass is 10.0. The Hall–Kier alpha value is -6.57. The summed E-state index contributed by atoms with van der Waals surface area (Å²) in [7, 11) is 0. The lowest BCUT2D eigenvalue weighted by molar-refractivity contribution is 0.586. The van der Waals surface area contributed by atoms with Crippen molar-refractivity contribution in [2.45, 2.75) is 113 Å². The molecule has 4 heterocycles. The number of nitrogens with one attached hydrogen (secondary N) is 4. The molecule has 0 aliphatic rings. The van der Waals surface area contributed by atoms with Crippen LogP contribution in [0.4, 0.5) is 0 Å². The molecule has 0 unspecified atom stereocenters. The molecule has 4 N–H and O–H groups in total. The molecule has 0 amide bonds. The summed E-state index contributed by atoms with van der Waals surface area (Å²) in [6.07, 6.45) is 12.8. The Morgan fingerprint density at radius 3 is 1.36 bits per heavy atom. The molecule has 0 saturated heterocycles. The quantitative estimate of drug-likeness (QED) is 0.0750. The highest BCUT2D eigenvalue weighted by molar-refractivity contribution is 5.63. The number of aryl methyl sites for hydroxylation is 1.